The predicted octanol–water partition coefficient (Wildman–Crippen LogP) is 1.71. The van der Waals surface area contributed by atoms with Crippen LogP contribution in [0.5, 0.6) is 0 Å². The van der Waals surface area contributed by atoms with Crippen LogP contribution >= 0.6 is 0 Å². The maximum Gasteiger partial charge on any atom is 0.417 e. The van der Waals surface area contributed by atoms with Gasteiger partial charge in [-0.25, -0.2) is 14.4 Å². The van der Waals surface area contributed by atoms with Crippen molar-refractivity contribution in [3.63, 3.8) is 0 Å². The van der Waals surface area contributed by atoms with Gasteiger partial charge in [-0.3, -0.25) is 0 Å². The molecule has 0 heterocycles. The standard InChI is InChI=1S/C15H19NO6/c1-11(6-5-9-16-15(19)20)22-14(18)13(17)21-10-12-7-3-2-4-8-12/h2-4,7-8,11,16H,5-6,9-10H2,1H3,(H,19,20). The lowest BCUT2D eigenvalue weighted by Gasteiger charge is -2.12. The Kier molecular flexibility index (Phi) is 7.45. The van der Waals surface area contributed by atoms with Gasteiger partial charge in [-0.15, -0.1) is 0 Å². The van der Waals surface area contributed by atoms with Gasteiger partial charge in [0.1, 0.15) is 6.61 Å². The van der Waals surface area contributed by atoms with Crippen LogP contribution in [-0.2, 0) is 25.7 Å². The van der Waals surface area contributed by atoms with E-state index in [0.29, 0.717) is 12.8 Å². The largest absolute Gasteiger partial charge is 0.465 e. The highest BCUT2D eigenvalue weighted by atomic mass is 16.6. The van der Waals surface area contributed by atoms with E-state index in [2.05, 4.69) is 5.32 Å². The second-order valence-electron chi connectivity index (χ2n) is 4.65. The summed E-state index contributed by atoms with van der Waals surface area (Å²) in [6.45, 7) is 1.89. The lowest BCUT2D eigenvalue weighted by atomic mass is 10.2. The number of carbonyl (C=O) groups is 3. The monoisotopic (exact) mass is 309 g/mol. The van der Waals surface area contributed by atoms with E-state index in [1.54, 1.807) is 31.2 Å². The number of ether oxygens (including phenoxy) is 2. The van der Waals surface area contributed by atoms with Crippen LogP contribution < -0.4 is 5.32 Å². The average molecular weight is 309 g/mol. The van der Waals surface area contributed by atoms with Crippen molar-refractivity contribution < 1.29 is 29.0 Å². The van der Waals surface area contributed by atoms with Gasteiger partial charge in [-0.05, 0) is 25.3 Å². The summed E-state index contributed by atoms with van der Waals surface area (Å²) in [6, 6.07) is 8.98. The molecule has 120 valence electrons. The van der Waals surface area contributed by atoms with Crippen LogP contribution in [0.15, 0.2) is 30.3 Å². The lowest BCUT2D eigenvalue weighted by Crippen LogP contribution is -2.26. The molecule has 0 spiro atoms. The Bertz CT molecular complexity index is 502. The molecule has 0 aliphatic heterocycles. The number of amides is 1. The molecule has 22 heavy (non-hydrogen) atoms. The highest BCUT2D eigenvalue weighted by Gasteiger charge is 2.20. The van der Waals surface area contributed by atoms with Crippen molar-refractivity contribution in [2.24, 2.45) is 0 Å². The number of hydrogen-bond donors (Lipinski definition) is 2. The van der Waals surface area contributed by atoms with Crippen molar-refractivity contribution in [2.45, 2.75) is 32.5 Å². The first kappa shape index (κ1) is 17.5. The van der Waals surface area contributed by atoms with E-state index in [1.165, 1.54) is 0 Å². The molecule has 7 heteroatoms. The molecular weight excluding hydrogens is 290 g/mol. The summed E-state index contributed by atoms with van der Waals surface area (Å²) >= 11 is 0. The summed E-state index contributed by atoms with van der Waals surface area (Å²) in [4.78, 5) is 33.2. The number of nitrogens with one attached hydrogen (secondary N) is 1. The highest BCUT2D eigenvalue weighted by molar-refractivity contribution is 6.29. The molecule has 1 aromatic carbocycles. The Morgan fingerprint density at radius 2 is 1.86 bits per heavy atom. The Morgan fingerprint density at radius 3 is 2.50 bits per heavy atom. The van der Waals surface area contributed by atoms with Gasteiger partial charge < -0.3 is 19.9 Å². The minimum atomic E-state index is -1.10. The molecule has 0 radical (unpaired) electrons. The van der Waals surface area contributed by atoms with E-state index in [9.17, 15) is 14.4 Å². The molecule has 1 atom stereocenters. The molecule has 2 N–H and O–H groups in total. The van der Waals surface area contributed by atoms with Gasteiger partial charge >= 0.3 is 18.0 Å². The van der Waals surface area contributed by atoms with Crippen molar-refractivity contribution in [3.8, 4) is 0 Å². The quantitative estimate of drug-likeness (QED) is 0.451. The third kappa shape index (κ3) is 7.28. The van der Waals surface area contributed by atoms with Crippen LogP contribution in [0.2, 0.25) is 0 Å². The second kappa shape index (κ2) is 9.38. The molecule has 1 aromatic rings. The van der Waals surface area contributed by atoms with Crippen LogP contribution in [0.4, 0.5) is 4.79 Å². The van der Waals surface area contributed by atoms with E-state index in [1.807, 2.05) is 6.07 Å². The molecule has 1 unspecified atom stereocenters. The third-order valence-electron chi connectivity index (χ3n) is 2.75. The van der Waals surface area contributed by atoms with Crippen LogP contribution in [0, 0.1) is 0 Å². The molecule has 0 fully saturated rings. The topological polar surface area (TPSA) is 102 Å². The van der Waals surface area contributed by atoms with Gasteiger partial charge in [-0.1, -0.05) is 30.3 Å². The van der Waals surface area contributed by atoms with Crippen molar-refractivity contribution >= 4 is 18.0 Å². The zero-order valence-electron chi connectivity index (χ0n) is 12.3. The van der Waals surface area contributed by atoms with E-state index >= 15 is 0 Å². The zero-order chi connectivity index (χ0) is 16.4. The first-order chi connectivity index (χ1) is 10.5. The minimum Gasteiger partial charge on any atom is -0.465 e. The van der Waals surface area contributed by atoms with Gasteiger partial charge in [0.25, 0.3) is 0 Å². The van der Waals surface area contributed by atoms with Crippen LogP contribution in [0.25, 0.3) is 0 Å². The van der Waals surface area contributed by atoms with Gasteiger partial charge in [0.2, 0.25) is 0 Å². The van der Waals surface area contributed by atoms with E-state index in [-0.39, 0.29) is 13.2 Å². The highest BCUT2D eigenvalue weighted by Crippen LogP contribution is 2.04. The van der Waals surface area contributed by atoms with Crippen molar-refractivity contribution in [2.75, 3.05) is 6.54 Å². The second-order valence-corrected chi connectivity index (χ2v) is 4.65. The normalized spacial score (nSPS) is 11.3. The SMILES string of the molecule is CC(CCCNC(=O)O)OC(=O)C(=O)OCc1ccccc1. The minimum absolute atomic E-state index is 0.00564. The van der Waals surface area contributed by atoms with E-state index < -0.39 is 24.1 Å². The number of esters is 2. The Morgan fingerprint density at radius 1 is 1.18 bits per heavy atom. The fourth-order valence-corrected chi connectivity index (χ4v) is 1.66. The van der Waals surface area contributed by atoms with Gasteiger partial charge in [0.05, 0.1) is 6.10 Å². The van der Waals surface area contributed by atoms with E-state index in [4.69, 9.17) is 14.6 Å². The van der Waals surface area contributed by atoms with E-state index in [0.717, 1.165) is 5.56 Å². The summed E-state index contributed by atoms with van der Waals surface area (Å²) < 4.78 is 9.76. The van der Waals surface area contributed by atoms with Crippen molar-refractivity contribution in [3.05, 3.63) is 35.9 Å². The third-order valence-corrected chi connectivity index (χ3v) is 2.75. The molecule has 0 saturated heterocycles. The lowest BCUT2D eigenvalue weighted by molar-refractivity contribution is -0.171. The van der Waals surface area contributed by atoms with Crippen LogP contribution in [-0.4, -0.2) is 35.8 Å². The van der Waals surface area contributed by atoms with Gasteiger partial charge in [-0.2, -0.15) is 0 Å². The first-order valence-electron chi connectivity index (χ1n) is 6.87. The number of hydrogen-bond acceptors (Lipinski definition) is 5. The summed E-state index contributed by atoms with van der Waals surface area (Å²) in [5, 5.41) is 10.6. The molecule has 0 bridgehead atoms. The van der Waals surface area contributed by atoms with Crippen LogP contribution in [0.3, 0.4) is 0 Å². The number of carbonyl (C=O) groups excluding carboxylic acids is 2. The summed E-state index contributed by atoms with van der Waals surface area (Å²) in [7, 11) is 0. The maximum absolute atomic E-state index is 11.5. The number of carboxylic acid groups (broad SMARTS) is 1. The van der Waals surface area contributed by atoms with Crippen molar-refractivity contribution in [1.82, 2.24) is 5.32 Å². The molecule has 1 rings (SSSR count). The molecule has 1 amide bonds. The first-order valence-corrected chi connectivity index (χ1v) is 6.87. The Hall–Kier alpha value is -2.57. The zero-order valence-corrected chi connectivity index (χ0v) is 12.3. The number of rotatable bonds is 7. The molecule has 0 aliphatic carbocycles. The fraction of sp³-hybridized carbons (Fsp3) is 0.400. The molecule has 7 nitrogen and oxygen atoms in total. The average Bonchev–Trinajstić information content (AvgIpc) is 2.50. The molecule has 0 aromatic heterocycles. The molecular formula is C15H19NO6. The van der Waals surface area contributed by atoms with Gasteiger partial charge in [0.15, 0.2) is 0 Å². The predicted molar refractivity (Wildman–Crippen MR) is 77.1 cm³/mol. The van der Waals surface area contributed by atoms with Crippen molar-refractivity contribution in [1.29, 1.82) is 0 Å². The maximum atomic E-state index is 11.5. The summed E-state index contributed by atoms with van der Waals surface area (Å²) in [6.07, 6.45) is -0.654. The number of benzene rings is 1. The fourth-order valence-electron chi connectivity index (χ4n) is 1.66. The molecule has 0 aliphatic rings. The summed E-state index contributed by atoms with van der Waals surface area (Å²) in [5.41, 5.74) is 0.774. The summed E-state index contributed by atoms with van der Waals surface area (Å²) in [5.74, 6) is -2.09. The van der Waals surface area contributed by atoms with Gasteiger partial charge in [0, 0.05) is 6.54 Å². The van der Waals surface area contributed by atoms with Crippen LogP contribution in [0.1, 0.15) is 25.3 Å². The smallest absolute Gasteiger partial charge is 0.417 e. The Labute approximate surface area is 128 Å². The Balaban J connectivity index is 2.22. The molecule has 0 saturated carbocycles.